The van der Waals surface area contributed by atoms with Crippen molar-refractivity contribution in [1.29, 1.82) is 0 Å². The van der Waals surface area contributed by atoms with Crippen LogP contribution in [-0.2, 0) is 28.7 Å². The van der Waals surface area contributed by atoms with E-state index in [4.69, 9.17) is 21.9 Å². The van der Waals surface area contributed by atoms with E-state index in [2.05, 4.69) is 17.4 Å². The zero-order valence-corrected chi connectivity index (χ0v) is 21.7. The molecule has 2 aromatic carbocycles. The molecule has 1 aliphatic rings. The van der Waals surface area contributed by atoms with E-state index < -0.39 is 23.8 Å². The number of ether oxygens (including phenoxy) is 1. The van der Waals surface area contributed by atoms with Gasteiger partial charge < -0.3 is 31.7 Å². The number of rotatable bonds is 13. The summed E-state index contributed by atoms with van der Waals surface area (Å²) in [5.41, 5.74) is 19.2. The Morgan fingerprint density at radius 2 is 1.74 bits per heavy atom. The summed E-state index contributed by atoms with van der Waals surface area (Å²) in [5, 5.41) is 2.92. The number of hydrogen-bond acceptors (Lipinski definition) is 6. The number of halogens is 3. The Kier molecular flexibility index (Phi) is 10.3. The van der Waals surface area contributed by atoms with Gasteiger partial charge in [-0.25, -0.2) is 4.99 Å². The zero-order chi connectivity index (χ0) is 27.8. The lowest BCUT2D eigenvalue weighted by molar-refractivity contribution is -0.907. The first-order valence-electron chi connectivity index (χ1n) is 12.8. The molecule has 208 valence electrons. The second kappa shape index (κ2) is 13.2. The monoisotopic (exact) mass is 535 g/mol. The molecular weight excluding hydrogens is 497 g/mol. The van der Waals surface area contributed by atoms with E-state index >= 15 is 0 Å². The highest BCUT2D eigenvalue weighted by atomic mass is 19.4. The van der Waals surface area contributed by atoms with Crippen LogP contribution >= 0.6 is 0 Å². The summed E-state index contributed by atoms with van der Waals surface area (Å²) < 4.78 is 45.6. The lowest BCUT2D eigenvalue weighted by atomic mass is 10.0. The minimum atomic E-state index is -4.43. The highest BCUT2D eigenvalue weighted by Crippen LogP contribution is 2.30. The number of para-hydroxylation sites is 1. The molecule has 0 saturated heterocycles. The molecule has 1 aliphatic heterocycles. The molecule has 3 rings (SSSR count). The van der Waals surface area contributed by atoms with Crippen molar-refractivity contribution < 1.29 is 27.2 Å². The molecule has 1 heterocycles. The number of quaternary nitrogens is 1. The largest absolute Gasteiger partial charge is 0.474 e. The van der Waals surface area contributed by atoms with Crippen LogP contribution in [0.2, 0.25) is 0 Å². The molecule has 0 unspecified atom stereocenters. The van der Waals surface area contributed by atoms with Crippen molar-refractivity contribution in [2.75, 3.05) is 39.8 Å². The minimum absolute atomic E-state index is 0.194. The van der Waals surface area contributed by atoms with Crippen LogP contribution in [0.4, 0.5) is 18.9 Å². The summed E-state index contributed by atoms with van der Waals surface area (Å²) in [6.45, 7) is 3.72. The molecule has 0 aliphatic carbocycles. The van der Waals surface area contributed by atoms with Gasteiger partial charge in [-0.15, -0.1) is 0 Å². The van der Waals surface area contributed by atoms with Crippen molar-refractivity contribution in [3.63, 3.8) is 0 Å². The number of carbonyl (C=O) groups excluding carboxylic acids is 1. The molecule has 0 radical (unpaired) electrons. The van der Waals surface area contributed by atoms with Gasteiger partial charge in [-0.3, -0.25) is 4.79 Å². The summed E-state index contributed by atoms with van der Waals surface area (Å²) in [7, 11) is 2.09. The van der Waals surface area contributed by atoms with E-state index in [9.17, 15) is 18.0 Å². The fraction of sp³-hybridized carbons (Fsp3) is 0.481. The van der Waals surface area contributed by atoms with Crippen LogP contribution in [0.1, 0.15) is 29.5 Å². The quantitative estimate of drug-likeness (QED) is 0.293. The Balaban J connectivity index is 1.72. The third-order valence-corrected chi connectivity index (χ3v) is 6.82. The Morgan fingerprint density at radius 3 is 2.37 bits per heavy atom. The van der Waals surface area contributed by atoms with Gasteiger partial charge in [0, 0.05) is 25.1 Å². The molecule has 0 fully saturated rings. The number of aliphatic imine (C=N–C) groups is 1. The first-order valence-corrected chi connectivity index (χ1v) is 12.8. The van der Waals surface area contributed by atoms with Gasteiger partial charge in [-0.05, 0) is 36.6 Å². The van der Waals surface area contributed by atoms with Gasteiger partial charge in [0.1, 0.15) is 12.6 Å². The number of amides is 1. The smallest absolute Gasteiger partial charge is 0.416 e. The normalized spacial score (nSPS) is 15.2. The van der Waals surface area contributed by atoms with Crippen LogP contribution in [0.25, 0.3) is 0 Å². The van der Waals surface area contributed by atoms with Gasteiger partial charge in [0.05, 0.1) is 44.0 Å². The number of benzene rings is 2. The lowest BCUT2D eigenvalue weighted by Gasteiger charge is -2.34. The standard InChI is InChI=1S/C27H37F3N6O2/c1-36(15-12-31,16-13-32)14-4-6-22(33)25(37)34-24(17-19-8-10-21(11-9-19)27(28,29)30)26-35-23-7-3-2-5-20(23)18-38-26/h2-3,5,7-11,22,24H,4,6,12-18,31-33H2,1H3/p+1/t22-,24+/m0/s1. The van der Waals surface area contributed by atoms with Gasteiger partial charge in [0.15, 0.2) is 0 Å². The number of carbonyl (C=O) groups is 1. The summed E-state index contributed by atoms with van der Waals surface area (Å²) in [5.74, 6) is -0.0850. The van der Waals surface area contributed by atoms with Gasteiger partial charge in [-0.2, -0.15) is 13.2 Å². The molecule has 38 heavy (non-hydrogen) atoms. The number of nitrogens with two attached hydrogens (primary N) is 3. The molecule has 7 N–H and O–H groups in total. The average molecular weight is 536 g/mol. The van der Waals surface area contributed by atoms with Gasteiger partial charge >= 0.3 is 6.18 Å². The summed E-state index contributed by atoms with van der Waals surface area (Å²) >= 11 is 0. The van der Waals surface area contributed by atoms with E-state index in [0.717, 1.165) is 43.0 Å². The Morgan fingerprint density at radius 1 is 1.08 bits per heavy atom. The minimum Gasteiger partial charge on any atom is -0.474 e. The van der Waals surface area contributed by atoms with Crippen LogP contribution in [0, 0.1) is 0 Å². The Labute approximate surface area is 221 Å². The molecule has 0 aromatic heterocycles. The Bertz CT molecular complexity index is 1080. The van der Waals surface area contributed by atoms with Crippen molar-refractivity contribution in [2.45, 2.75) is 44.1 Å². The van der Waals surface area contributed by atoms with Crippen LogP contribution in [-0.4, -0.2) is 68.1 Å². The first-order chi connectivity index (χ1) is 18.0. The second-order valence-corrected chi connectivity index (χ2v) is 9.94. The molecule has 2 aromatic rings. The summed E-state index contributed by atoms with van der Waals surface area (Å²) in [4.78, 5) is 17.7. The number of nitrogens with zero attached hydrogens (tertiary/aromatic N) is 2. The van der Waals surface area contributed by atoms with Crippen LogP contribution in [0.15, 0.2) is 53.5 Å². The van der Waals surface area contributed by atoms with E-state index in [1.54, 1.807) is 0 Å². The second-order valence-electron chi connectivity index (χ2n) is 9.94. The van der Waals surface area contributed by atoms with Gasteiger partial charge in [-0.1, -0.05) is 30.3 Å². The first kappa shape index (κ1) is 29.6. The van der Waals surface area contributed by atoms with Crippen molar-refractivity contribution in [1.82, 2.24) is 5.32 Å². The lowest BCUT2D eigenvalue weighted by Crippen LogP contribution is -2.52. The third-order valence-electron chi connectivity index (χ3n) is 6.82. The molecule has 0 saturated carbocycles. The number of alkyl halides is 3. The summed E-state index contributed by atoms with van der Waals surface area (Å²) in [6.07, 6.45) is -3.07. The van der Waals surface area contributed by atoms with E-state index in [1.165, 1.54) is 12.1 Å². The molecule has 0 spiro atoms. The van der Waals surface area contributed by atoms with E-state index in [0.29, 0.717) is 41.9 Å². The molecule has 1 amide bonds. The number of nitrogens with one attached hydrogen (secondary N) is 1. The van der Waals surface area contributed by atoms with Crippen molar-refractivity contribution in [2.24, 2.45) is 22.2 Å². The zero-order valence-electron chi connectivity index (χ0n) is 21.7. The van der Waals surface area contributed by atoms with Gasteiger partial charge in [0.2, 0.25) is 11.8 Å². The predicted molar refractivity (Wildman–Crippen MR) is 142 cm³/mol. The maximum absolute atomic E-state index is 13.1. The third kappa shape index (κ3) is 8.26. The number of likely N-dealkylation sites (N-methyl/N-ethyl adjacent to an activating group) is 1. The van der Waals surface area contributed by atoms with Crippen LogP contribution in [0.5, 0.6) is 0 Å². The van der Waals surface area contributed by atoms with Crippen LogP contribution in [0.3, 0.4) is 0 Å². The molecule has 11 heteroatoms. The number of hydrogen-bond donors (Lipinski definition) is 4. The fourth-order valence-corrected chi connectivity index (χ4v) is 4.55. The van der Waals surface area contributed by atoms with Gasteiger partial charge in [0.25, 0.3) is 0 Å². The molecular formula is C27H38F3N6O2+. The molecule has 0 bridgehead atoms. The maximum atomic E-state index is 13.1. The van der Waals surface area contributed by atoms with Crippen molar-refractivity contribution in [3.05, 3.63) is 65.2 Å². The molecule has 2 atom stereocenters. The fourth-order valence-electron chi connectivity index (χ4n) is 4.55. The average Bonchev–Trinajstić information content (AvgIpc) is 2.88. The topological polar surface area (TPSA) is 129 Å². The van der Waals surface area contributed by atoms with Crippen LogP contribution < -0.4 is 22.5 Å². The Hall–Kier alpha value is -2.99. The highest BCUT2D eigenvalue weighted by molar-refractivity contribution is 5.92. The van der Waals surface area contributed by atoms with E-state index in [1.807, 2.05) is 24.3 Å². The predicted octanol–water partition coefficient (Wildman–Crippen LogP) is 2.46. The highest BCUT2D eigenvalue weighted by Gasteiger charge is 2.31. The van der Waals surface area contributed by atoms with Crippen molar-refractivity contribution >= 4 is 17.5 Å². The SMILES string of the molecule is C[N+](CCN)(CCN)CCC[C@H](N)C(=O)N[C@H](Cc1ccc(C(F)(F)F)cc1)C1=Nc2ccccc2CO1. The van der Waals surface area contributed by atoms with Crippen molar-refractivity contribution in [3.8, 4) is 0 Å². The molecule has 8 nitrogen and oxygen atoms in total. The maximum Gasteiger partial charge on any atom is 0.416 e. The summed E-state index contributed by atoms with van der Waals surface area (Å²) in [6, 6.07) is 10.8. The number of fused-ring (bicyclic) bond motifs is 1. The van der Waals surface area contributed by atoms with E-state index in [-0.39, 0.29) is 18.9 Å².